The third kappa shape index (κ3) is 2.87. The fourth-order valence-electron chi connectivity index (χ4n) is 4.04. The molecule has 4 aromatic heterocycles. The van der Waals surface area contributed by atoms with Gasteiger partial charge < -0.3 is 4.74 Å². The zero-order valence-corrected chi connectivity index (χ0v) is 15.9. The maximum atomic E-state index is 9.33. The van der Waals surface area contributed by atoms with Gasteiger partial charge in [0.25, 0.3) is 0 Å². The summed E-state index contributed by atoms with van der Waals surface area (Å²) in [7, 11) is 1.71. The van der Waals surface area contributed by atoms with Crippen LogP contribution in [0.1, 0.15) is 19.3 Å². The molecule has 1 saturated carbocycles. The lowest BCUT2D eigenvalue weighted by molar-refractivity contribution is -0.0541. The number of hydrogen-bond acceptors (Lipinski definition) is 6. The van der Waals surface area contributed by atoms with Gasteiger partial charge in [0.05, 0.1) is 41.0 Å². The van der Waals surface area contributed by atoms with Crippen LogP contribution in [-0.2, 0) is 10.3 Å². The number of aromatic amines is 1. The van der Waals surface area contributed by atoms with Crippen molar-refractivity contribution in [2.75, 3.05) is 7.11 Å². The first-order valence-corrected chi connectivity index (χ1v) is 9.44. The summed E-state index contributed by atoms with van der Waals surface area (Å²) in [5.41, 5.74) is 3.61. The molecule has 1 fully saturated rings. The summed E-state index contributed by atoms with van der Waals surface area (Å²) in [6, 6.07) is 12.0. The SMILES string of the molecule is CO[C@H]1C[C@](CC#N)(n2ccc(-c3nc(-c4ccn[nH]4)cc4ncccc34)n2)C1. The molecular weight excluding hydrogens is 366 g/mol. The van der Waals surface area contributed by atoms with Crippen molar-refractivity contribution in [2.45, 2.75) is 30.9 Å². The summed E-state index contributed by atoms with van der Waals surface area (Å²) in [6.07, 6.45) is 7.53. The maximum absolute atomic E-state index is 9.33. The molecule has 0 aliphatic heterocycles. The van der Waals surface area contributed by atoms with Gasteiger partial charge in [-0.1, -0.05) is 0 Å². The van der Waals surface area contributed by atoms with Gasteiger partial charge in [-0.25, -0.2) is 4.98 Å². The molecule has 0 radical (unpaired) electrons. The van der Waals surface area contributed by atoms with E-state index >= 15 is 0 Å². The number of nitrogens with one attached hydrogen (secondary N) is 1. The summed E-state index contributed by atoms with van der Waals surface area (Å²) >= 11 is 0. The van der Waals surface area contributed by atoms with Crippen LogP contribution >= 0.6 is 0 Å². The first-order valence-electron chi connectivity index (χ1n) is 9.44. The van der Waals surface area contributed by atoms with E-state index in [2.05, 4.69) is 21.3 Å². The second-order valence-corrected chi connectivity index (χ2v) is 7.37. The van der Waals surface area contributed by atoms with Crippen molar-refractivity contribution in [1.82, 2.24) is 29.9 Å². The molecule has 4 aromatic rings. The Bertz CT molecular complexity index is 1200. The van der Waals surface area contributed by atoms with E-state index in [9.17, 15) is 5.26 Å². The quantitative estimate of drug-likeness (QED) is 0.565. The van der Waals surface area contributed by atoms with Crippen molar-refractivity contribution in [3.63, 3.8) is 0 Å². The van der Waals surface area contributed by atoms with Crippen molar-refractivity contribution in [1.29, 1.82) is 5.26 Å². The molecule has 0 aromatic carbocycles. The van der Waals surface area contributed by atoms with Gasteiger partial charge in [0.2, 0.25) is 0 Å². The predicted molar refractivity (Wildman–Crippen MR) is 107 cm³/mol. The van der Waals surface area contributed by atoms with Crippen LogP contribution in [0.4, 0.5) is 0 Å². The van der Waals surface area contributed by atoms with E-state index in [1.54, 1.807) is 19.5 Å². The number of methoxy groups -OCH3 is 1. The van der Waals surface area contributed by atoms with E-state index in [4.69, 9.17) is 14.8 Å². The van der Waals surface area contributed by atoms with Crippen molar-refractivity contribution in [3.05, 3.63) is 48.9 Å². The van der Waals surface area contributed by atoms with Gasteiger partial charge in [-0.05, 0) is 43.2 Å². The fraction of sp³-hybridized carbons (Fsp3) is 0.286. The minimum atomic E-state index is -0.317. The van der Waals surface area contributed by atoms with Crippen molar-refractivity contribution in [3.8, 4) is 28.8 Å². The largest absolute Gasteiger partial charge is 0.381 e. The van der Waals surface area contributed by atoms with E-state index in [1.165, 1.54) is 0 Å². The Hall–Kier alpha value is -3.57. The number of hydrogen-bond donors (Lipinski definition) is 1. The smallest absolute Gasteiger partial charge is 0.111 e. The number of fused-ring (bicyclic) bond motifs is 1. The van der Waals surface area contributed by atoms with Crippen LogP contribution in [0.5, 0.6) is 0 Å². The number of rotatable bonds is 5. The Balaban J connectivity index is 1.61. The highest BCUT2D eigenvalue weighted by Crippen LogP contribution is 2.43. The molecule has 0 atom stereocenters. The number of pyridine rings is 2. The molecular formula is C21H19N7O. The number of aromatic nitrogens is 6. The summed E-state index contributed by atoms with van der Waals surface area (Å²) in [5.74, 6) is 0. The Morgan fingerprint density at radius 3 is 2.93 bits per heavy atom. The highest BCUT2D eigenvalue weighted by molar-refractivity contribution is 5.93. The summed E-state index contributed by atoms with van der Waals surface area (Å²) < 4.78 is 7.35. The molecule has 1 N–H and O–H groups in total. The average Bonchev–Trinajstić information content (AvgIpc) is 3.42. The Morgan fingerprint density at radius 2 is 2.17 bits per heavy atom. The van der Waals surface area contributed by atoms with Gasteiger partial charge in [0.15, 0.2) is 0 Å². The summed E-state index contributed by atoms with van der Waals surface area (Å²) in [6.45, 7) is 0. The minimum absolute atomic E-state index is 0.169. The van der Waals surface area contributed by atoms with Gasteiger partial charge in [-0.2, -0.15) is 15.5 Å². The topological polar surface area (TPSA) is 105 Å². The highest BCUT2D eigenvalue weighted by Gasteiger charge is 2.46. The zero-order chi connectivity index (χ0) is 19.8. The highest BCUT2D eigenvalue weighted by atomic mass is 16.5. The summed E-state index contributed by atoms with van der Waals surface area (Å²) in [4.78, 5) is 9.36. The lowest BCUT2D eigenvalue weighted by atomic mass is 9.72. The third-order valence-electron chi connectivity index (χ3n) is 5.65. The first kappa shape index (κ1) is 17.5. The molecule has 0 spiro atoms. The Kier molecular flexibility index (Phi) is 4.11. The van der Waals surface area contributed by atoms with Crippen molar-refractivity contribution < 1.29 is 4.74 Å². The second-order valence-electron chi connectivity index (χ2n) is 7.37. The van der Waals surface area contributed by atoms with Gasteiger partial charge >= 0.3 is 0 Å². The Labute approximate surface area is 167 Å². The molecule has 0 bridgehead atoms. The Morgan fingerprint density at radius 1 is 1.28 bits per heavy atom. The maximum Gasteiger partial charge on any atom is 0.111 e. The zero-order valence-electron chi connectivity index (χ0n) is 15.9. The van der Waals surface area contributed by atoms with E-state index in [-0.39, 0.29) is 11.6 Å². The molecule has 29 heavy (non-hydrogen) atoms. The molecule has 0 saturated heterocycles. The molecule has 4 heterocycles. The average molecular weight is 385 g/mol. The molecule has 5 rings (SSSR count). The van der Waals surface area contributed by atoms with E-state index in [0.29, 0.717) is 6.42 Å². The molecule has 1 aliphatic rings. The molecule has 8 nitrogen and oxygen atoms in total. The lowest BCUT2D eigenvalue weighted by Gasteiger charge is -2.45. The van der Waals surface area contributed by atoms with Crippen LogP contribution in [-0.4, -0.2) is 43.2 Å². The van der Waals surface area contributed by atoms with E-state index < -0.39 is 0 Å². The third-order valence-corrected chi connectivity index (χ3v) is 5.65. The fourth-order valence-corrected chi connectivity index (χ4v) is 4.04. The van der Waals surface area contributed by atoms with E-state index in [0.717, 1.165) is 46.5 Å². The van der Waals surface area contributed by atoms with Crippen LogP contribution in [0.25, 0.3) is 33.7 Å². The number of nitrogens with zero attached hydrogens (tertiary/aromatic N) is 6. The molecule has 144 valence electrons. The van der Waals surface area contributed by atoms with Crippen molar-refractivity contribution >= 4 is 10.9 Å². The normalized spacial score (nSPS) is 21.0. The number of nitriles is 1. The van der Waals surface area contributed by atoms with Crippen LogP contribution < -0.4 is 0 Å². The number of ether oxygens (including phenoxy) is 1. The van der Waals surface area contributed by atoms with Crippen molar-refractivity contribution in [2.24, 2.45) is 0 Å². The first-order chi connectivity index (χ1) is 14.2. The lowest BCUT2D eigenvalue weighted by Crippen LogP contribution is -2.50. The molecule has 0 amide bonds. The van der Waals surface area contributed by atoms with Gasteiger partial charge in [0, 0.05) is 31.1 Å². The molecule has 1 aliphatic carbocycles. The van der Waals surface area contributed by atoms with Crippen LogP contribution in [0.3, 0.4) is 0 Å². The standard InChI is InChI=1S/C21H19N7O/c1-29-14-12-21(13-14,6-7-22)28-10-5-17(27-28)20-15-3-2-8-23-18(15)11-19(25-20)16-4-9-24-26-16/h2-5,8-11,14H,6,12-13H2,1H3,(H,24,26)/t14-,21-. The van der Waals surface area contributed by atoms with Crippen LogP contribution in [0.15, 0.2) is 48.9 Å². The van der Waals surface area contributed by atoms with E-state index in [1.807, 2.05) is 41.2 Å². The number of H-pyrrole nitrogens is 1. The predicted octanol–water partition coefficient (Wildman–Crippen LogP) is 3.30. The molecule has 8 heteroatoms. The van der Waals surface area contributed by atoms with Gasteiger partial charge in [-0.15, -0.1) is 0 Å². The van der Waals surface area contributed by atoms with Gasteiger partial charge in [-0.3, -0.25) is 14.8 Å². The monoisotopic (exact) mass is 385 g/mol. The van der Waals surface area contributed by atoms with Crippen LogP contribution in [0.2, 0.25) is 0 Å². The molecule has 0 unspecified atom stereocenters. The summed E-state index contributed by atoms with van der Waals surface area (Å²) in [5, 5.41) is 22.1. The minimum Gasteiger partial charge on any atom is -0.381 e. The van der Waals surface area contributed by atoms with Gasteiger partial charge in [0.1, 0.15) is 11.4 Å². The van der Waals surface area contributed by atoms with Crippen LogP contribution in [0, 0.1) is 11.3 Å². The second kappa shape index (κ2) is 6.79.